The molecule has 0 bridgehead atoms. The van der Waals surface area contributed by atoms with Crippen LogP contribution in [0.25, 0.3) is 10.9 Å². The van der Waals surface area contributed by atoms with Crippen molar-refractivity contribution in [3.05, 3.63) is 24.5 Å². The second-order valence-corrected chi connectivity index (χ2v) is 6.03. The molecule has 0 aliphatic heterocycles. The van der Waals surface area contributed by atoms with Crippen molar-refractivity contribution in [2.45, 2.75) is 32.6 Å². The van der Waals surface area contributed by atoms with E-state index in [1.165, 1.54) is 6.33 Å². The van der Waals surface area contributed by atoms with E-state index in [9.17, 15) is 9.90 Å². The van der Waals surface area contributed by atoms with Crippen LogP contribution in [0.4, 0.5) is 16.3 Å². The molecule has 124 valence electrons. The lowest BCUT2D eigenvalue weighted by atomic mass is 10.2. The zero-order valence-corrected chi connectivity index (χ0v) is 13.3. The highest BCUT2D eigenvalue weighted by atomic mass is 16.6. The number of carbonyl (C=O) groups is 1. The number of amides is 1. The van der Waals surface area contributed by atoms with Gasteiger partial charge in [0.05, 0.1) is 12.1 Å². The third-order valence-electron chi connectivity index (χ3n) is 2.84. The number of aromatic nitrogens is 2. The lowest BCUT2D eigenvalue weighted by molar-refractivity contribution is 0.0500. The van der Waals surface area contributed by atoms with Gasteiger partial charge in [-0.25, -0.2) is 14.8 Å². The molecule has 1 heterocycles. The van der Waals surface area contributed by atoms with E-state index in [2.05, 4.69) is 20.6 Å². The van der Waals surface area contributed by atoms with Gasteiger partial charge in [-0.1, -0.05) is 0 Å². The molecule has 0 spiro atoms. The van der Waals surface area contributed by atoms with E-state index in [-0.39, 0.29) is 6.54 Å². The number of aliphatic hydroxyl groups excluding tert-OH is 1. The maximum Gasteiger partial charge on any atom is 0.407 e. The maximum atomic E-state index is 11.5. The molecule has 8 heteroatoms. The third kappa shape index (κ3) is 4.96. The number of nitrogen functional groups attached to an aromatic ring is 1. The number of carbonyl (C=O) groups excluding carboxylic acids is 1. The zero-order valence-electron chi connectivity index (χ0n) is 13.3. The number of fused-ring (bicyclic) bond motifs is 1. The van der Waals surface area contributed by atoms with Crippen LogP contribution in [-0.2, 0) is 4.74 Å². The minimum absolute atomic E-state index is 0.00623. The Hall–Kier alpha value is -2.61. The van der Waals surface area contributed by atoms with Gasteiger partial charge in [0.1, 0.15) is 24.0 Å². The monoisotopic (exact) mass is 319 g/mol. The number of aliphatic hydroxyl groups is 1. The number of nitrogens with one attached hydrogen (secondary N) is 2. The quantitative estimate of drug-likeness (QED) is 0.629. The average molecular weight is 319 g/mol. The molecule has 0 radical (unpaired) electrons. The second kappa shape index (κ2) is 6.66. The Bertz CT molecular complexity index is 699. The molecular formula is C15H21N5O3. The Balaban J connectivity index is 1.94. The minimum Gasteiger partial charge on any atom is -0.444 e. The van der Waals surface area contributed by atoms with Gasteiger partial charge < -0.3 is 26.2 Å². The molecule has 5 N–H and O–H groups in total. The topological polar surface area (TPSA) is 122 Å². The van der Waals surface area contributed by atoms with E-state index in [1.54, 1.807) is 39.0 Å². The molecule has 0 aliphatic carbocycles. The molecular weight excluding hydrogens is 298 g/mol. The average Bonchev–Trinajstić information content (AvgIpc) is 2.44. The minimum atomic E-state index is -0.981. The van der Waals surface area contributed by atoms with Crippen molar-refractivity contribution >= 4 is 28.5 Å². The van der Waals surface area contributed by atoms with Gasteiger partial charge in [0, 0.05) is 11.1 Å². The van der Waals surface area contributed by atoms with Crippen molar-refractivity contribution in [3.8, 4) is 0 Å². The number of benzene rings is 1. The third-order valence-corrected chi connectivity index (χ3v) is 2.84. The summed E-state index contributed by atoms with van der Waals surface area (Å²) in [5.74, 6) is 0.361. The number of hydrogen-bond acceptors (Lipinski definition) is 7. The molecule has 2 aromatic rings. The first kappa shape index (κ1) is 16.8. The highest BCUT2D eigenvalue weighted by Crippen LogP contribution is 2.21. The van der Waals surface area contributed by atoms with Gasteiger partial charge in [0.2, 0.25) is 0 Å². The van der Waals surface area contributed by atoms with Crippen molar-refractivity contribution < 1.29 is 14.6 Å². The summed E-state index contributed by atoms with van der Waals surface area (Å²) in [6.45, 7) is 5.29. The number of ether oxygens (including phenoxy) is 1. The van der Waals surface area contributed by atoms with Crippen LogP contribution >= 0.6 is 0 Å². The van der Waals surface area contributed by atoms with E-state index in [0.29, 0.717) is 22.4 Å². The predicted molar refractivity (Wildman–Crippen MR) is 87.8 cm³/mol. The summed E-state index contributed by atoms with van der Waals surface area (Å²) >= 11 is 0. The van der Waals surface area contributed by atoms with E-state index >= 15 is 0 Å². The molecule has 0 fully saturated rings. The first-order valence-electron chi connectivity index (χ1n) is 7.16. The maximum absolute atomic E-state index is 11.5. The van der Waals surface area contributed by atoms with Crippen LogP contribution in [0.1, 0.15) is 20.8 Å². The van der Waals surface area contributed by atoms with E-state index in [1.807, 2.05) is 0 Å². The van der Waals surface area contributed by atoms with Crippen molar-refractivity contribution in [2.24, 2.45) is 0 Å². The van der Waals surface area contributed by atoms with Crippen molar-refractivity contribution in [1.82, 2.24) is 15.3 Å². The molecule has 2 rings (SSSR count). The van der Waals surface area contributed by atoms with Gasteiger partial charge in [-0.3, -0.25) is 0 Å². The Labute approximate surface area is 134 Å². The number of rotatable bonds is 4. The first-order chi connectivity index (χ1) is 10.7. The zero-order chi connectivity index (χ0) is 17.0. The van der Waals surface area contributed by atoms with Crippen LogP contribution in [0.3, 0.4) is 0 Å². The fourth-order valence-electron chi connectivity index (χ4n) is 1.90. The van der Waals surface area contributed by atoms with Gasteiger partial charge in [0.25, 0.3) is 0 Å². The molecule has 8 nitrogen and oxygen atoms in total. The summed E-state index contributed by atoms with van der Waals surface area (Å²) in [6.07, 6.45) is -0.176. The SMILES string of the molecule is CC(C)(C)OC(=O)NCC(O)Nc1ccc2ncnc(N)c2c1. The molecule has 1 aromatic carbocycles. The fourth-order valence-corrected chi connectivity index (χ4v) is 1.90. The van der Waals surface area contributed by atoms with Crippen LogP contribution in [0, 0.1) is 0 Å². The lowest BCUT2D eigenvalue weighted by Gasteiger charge is -2.21. The van der Waals surface area contributed by atoms with Crippen LogP contribution in [-0.4, -0.2) is 39.5 Å². The van der Waals surface area contributed by atoms with Crippen LogP contribution in [0.15, 0.2) is 24.5 Å². The van der Waals surface area contributed by atoms with Crippen molar-refractivity contribution in [3.63, 3.8) is 0 Å². The van der Waals surface area contributed by atoms with Crippen LogP contribution < -0.4 is 16.4 Å². The second-order valence-electron chi connectivity index (χ2n) is 6.03. The normalized spacial score (nSPS) is 12.7. The molecule has 1 amide bonds. The first-order valence-corrected chi connectivity index (χ1v) is 7.16. The molecule has 0 saturated heterocycles. The Morgan fingerprint density at radius 1 is 1.39 bits per heavy atom. The highest BCUT2D eigenvalue weighted by molar-refractivity contribution is 5.90. The van der Waals surface area contributed by atoms with Gasteiger partial charge >= 0.3 is 6.09 Å². The van der Waals surface area contributed by atoms with Gasteiger partial charge in [0.15, 0.2) is 0 Å². The summed E-state index contributed by atoms with van der Waals surface area (Å²) in [5.41, 5.74) is 6.56. The largest absolute Gasteiger partial charge is 0.444 e. The molecule has 1 atom stereocenters. The number of alkyl carbamates (subject to hydrolysis) is 1. The molecule has 23 heavy (non-hydrogen) atoms. The van der Waals surface area contributed by atoms with Gasteiger partial charge in [-0.2, -0.15) is 0 Å². The molecule has 0 aliphatic rings. The van der Waals surface area contributed by atoms with Crippen molar-refractivity contribution in [1.29, 1.82) is 0 Å². The summed E-state index contributed by atoms with van der Waals surface area (Å²) < 4.78 is 5.09. The number of anilines is 2. The summed E-state index contributed by atoms with van der Waals surface area (Å²) in [5, 5.41) is 16.0. The van der Waals surface area contributed by atoms with Crippen LogP contribution in [0.2, 0.25) is 0 Å². The van der Waals surface area contributed by atoms with Gasteiger partial charge in [-0.05, 0) is 39.0 Å². The Morgan fingerprint density at radius 2 is 2.13 bits per heavy atom. The predicted octanol–water partition coefficient (Wildman–Crippen LogP) is 1.47. The number of nitrogens with zero attached hydrogens (tertiary/aromatic N) is 2. The fraction of sp³-hybridized carbons (Fsp3) is 0.400. The standard InChI is InChI=1S/C15H21N5O3/c1-15(2,3)23-14(22)17-7-12(21)20-9-4-5-11-10(6-9)13(16)19-8-18-11/h4-6,8,12,20-21H,7H2,1-3H3,(H,17,22)(H2,16,18,19). The van der Waals surface area contributed by atoms with Crippen molar-refractivity contribution in [2.75, 3.05) is 17.6 Å². The smallest absolute Gasteiger partial charge is 0.407 e. The molecule has 0 saturated carbocycles. The molecule has 1 unspecified atom stereocenters. The number of hydrogen-bond donors (Lipinski definition) is 4. The van der Waals surface area contributed by atoms with E-state index in [0.717, 1.165) is 0 Å². The van der Waals surface area contributed by atoms with E-state index < -0.39 is 17.9 Å². The number of nitrogens with two attached hydrogens (primary N) is 1. The Morgan fingerprint density at radius 3 is 2.83 bits per heavy atom. The van der Waals surface area contributed by atoms with Crippen LogP contribution in [0.5, 0.6) is 0 Å². The molecule has 1 aromatic heterocycles. The summed E-state index contributed by atoms with van der Waals surface area (Å²) in [4.78, 5) is 19.6. The van der Waals surface area contributed by atoms with Gasteiger partial charge in [-0.15, -0.1) is 0 Å². The summed E-state index contributed by atoms with van der Waals surface area (Å²) in [6, 6.07) is 5.26. The lowest BCUT2D eigenvalue weighted by Crippen LogP contribution is -2.39. The Kier molecular flexibility index (Phi) is 4.85. The summed E-state index contributed by atoms with van der Waals surface area (Å²) in [7, 11) is 0. The van der Waals surface area contributed by atoms with E-state index in [4.69, 9.17) is 10.5 Å². The highest BCUT2D eigenvalue weighted by Gasteiger charge is 2.16.